The average Bonchev–Trinajstić information content (AvgIpc) is 3.27. The van der Waals surface area contributed by atoms with Gasteiger partial charge in [0.15, 0.2) is 6.10 Å². The number of rotatable bonds is 2. The highest BCUT2D eigenvalue weighted by Gasteiger charge is 2.36. The monoisotopic (exact) mass is 288 g/mol. The van der Waals surface area contributed by atoms with Crippen molar-refractivity contribution in [1.82, 2.24) is 9.88 Å². The summed E-state index contributed by atoms with van der Waals surface area (Å²) in [6, 6.07) is 4.84. The quantitative estimate of drug-likeness (QED) is 0.863. The molecule has 1 unspecified atom stereocenters. The molecule has 0 aliphatic carbocycles. The SMILES string of the molecule is O=C(C1CO1)N1CCC(c2c[nH]c3ccc(F)cc23)CC1. The van der Waals surface area contributed by atoms with Crippen LogP contribution in [0.1, 0.15) is 24.3 Å². The Morgan fingerprint density at radius 1 is 1.33 bits per heavy atom. The van der Waals surface area contributed by atoms with Crippen molar-refractivity contribution in [2.24, 2.45) is 0 Å². The summed E-state index contributed by atoms with van der Waals surface area (Å²) in [5.74, 6) is 0.296. The second kappa shape index (κ2) is 4.84. The maximum atomic E-state index is 13.4. The first-order valence-corrected chi connectivity index (χ1v) is 7.39. The summed E-state index contributed by atoms with van der Waals surface area (Å²) < 4.78 is 18.5. The maximum Gasteiger partial charge on any atom is 0.254 e. The molecule has 5 heteroatoms. The molecule has 21 heavy (non-hydrogen) atoms. The Balaban J connectivity index is 1.52. The minimum absolute atomic E-state index is 0.124. The Kier molecular flexibility index (Phi) is 2.96. The van der Waals surface area contributed by atoms with Gasteiger partial charge in [0.05, 0.1) is 6.61 Å². The van der Waals surface area contributed by atoms with Crippen molar-refractivity contribution in [3.8, 4) is 0 Å². The topological polar surface area (TPSA) is 48.6 Å². The van der Waals surface area contributed by atoms with Crippen LogP contribution in [0, 0.1) is 5.82 Å². The lowest BCUT2D eigenvalue weighted by Gasteiger charge is -2.31. The molecule has 3 heterocycles. The molecule has 1 N–H and O–H groups in total. The molecule has 0 saturated carbocycles. The van der Waals surface area contributed by atoms with Gasteiger partial charge >= 0.3 is 0 Å². The molecule has 0 radical (unpaired) electrons. The number of carbonyl (C=O) groups excluding carboxylic acids is 1. The molecular weight excluding hydrogens is 271 g/mol. The summed E-state index contributed by atoms with van der Waals surface area (Å²) in [5, 5.41) is 0.963. The number of ether oxygens (including phenoxy) is 1. The van der Waals surface area contributed by atoms with Crippen LogP contribution < -0.4 is 0 Å². The van der Waals surface area contributed by atoms with Crippen LogP contribution in [0.4, 0.5) is 4.39 Å². The molecule has 2 fully saturated rings. The fraction of sp³-hybridized carbons (Fsp3) is 0.438. The predicted octanol–water partition coefficient (Wildman–Crippen LogP) is 2.41. The average molecular weight is 288 g/mol. The number of aromatic nitrogens is 1. The van der Waals surface area contributed by atoms with E-state index in [9.17, 15) is 9.18 Å². The third-order valence-corrected chi connectivity index (χ3v) is 4.53. The van der Waals surface area contributed by atoms with E-state index in [1.165, 1.54) is 11.6 Å². The lowest BCUT2D eigenvalue weighted by atomic mass is 9.89. The number of H-pyrrole nitrogens is 1. The molecule has 1 amide bonds. The van der Waals surface area contributed by atoms with E-state index in [1.54, 1.807) is 12.1 Å². The highest BCUT2D eigenvalue weighted by Crippen LogP contribution is 2.34. The van der Waals surface area contributed by atoms with Crippen LogP contribution in [0.3, 0.4) is 0 Å². The zero-order chi connectivity index (χ0) is 14.4. The number of aromatic amines is 1. The number of fused-ring (bicyclic) bond motifs is 1. The summed E-state index contributed by atoms with van der Waals surface area (Å²) in [6.07, 6.45) is 3.63. The molecule has 2 aliphatic rings. The van der Waals surface area contributed by atoms with E-state index in [2.05, 4.69) is 4.98 Å². The molecule has 4 rings (SSSR count). The van der Waals surface area contributed by atoms with Gasteiger partial charge in [0.1, 0.15) is 5.82 Å². The van der Waals surface area contributed by atoms with E-state index >= 15 is 0 Å². The van der Waals surface area contributed by atoms with Gasteiger partial charge in [-0.15, -0.1) is 0 Å². The van der Waals surface area contributed by atoms with Gasteiger partial charge in [-0.3, -0.25) is 4.79 Å². The first-order valence-electron chi connectivity index (χ1n) is 7.39. The van der Waals surface area contributed by atoms with Crippen molar-refractivity contribution in [2.75, 3.05) is 19.7 Å². The lowest BCUT2D eigenvalue weighted by Crippen LogP contribution is -2.40. The van der Waals surface area contributed by atoms with E-state index in [-0.39, 0.29) is 17.8 Å². The van der Waals surface area contributed by atoms with Crippen molar-refractivity contribution in [3.05, 3.63) is 35.8 Å². The van der Waals surface area contributed by atoms with Gasteiger partial charge in [-0.2, -0.15) is 0 Å². The molecule has 1 atom stereocenters. The largest absolute Gasteiger partial charge is 0.363 e. The van der Waals surface area contributed by atoms with Crippen LogP contribution >= 0.6 is 0 Å². The Morgan fingerprint density at radius 3 is 2.81 bits per heavy atom. The second-order valence-electron chi connectivity index (χ2n) is 5.86. The Labute approximate surface area is 121 Å². The third-order valence-electron chi connectivity index (χ3n) is 4.53. The van der Waals surface area contributed by atoms with Crippen molar-refractivity contribution >= 4 is 16.8 Å². The number of likely N-dealkylation sites (tertiary alicyclic amines) is 1. The van der Waals surface area contributed by atoms with E-state index in [0.29, 0.717) is 12.5 Å². The van der Waals surface area contributed by atoms with Crippen molar-refractivity contribution < 1.29 is 13.9 Å². The molecule has 110 valence electrons. The molecule has 4 nitrogen and oxygen atoms in total. The molecule has 2 aromatic rings. The van der Waals surface area contributed by atoms with Gasteiger partial charge in [0.2, 0.25) is 0 Å². The number of nitrogens with one attached hydrogen (secondary N) is 1. The van der Waals surface area contributed by atoms with Crippen molar-refractivity contribution in [2.45, 2.75) is 24.9 Å². The van der Waals surface area contributed by atoms with E-state index in [0.717, 1.165) is 36.8 Å². The maximum absolute atomic E-state index is 13.4. The number of hydrogen-bond donors (Lipinski definition) is 1. The van der Waals surface area contributed by atoms with Gasteiger partial charge in [-0.05, 0) is 42.5 Å². The van der Waals surface area contributed by atoms with Crippen molar-refractivity contribution in [1.29, 1.82) is 0 Å². The van der Waals surface area contributed by atoms with Crippen LogP contribution in [0.15, 0.2) is 24.4 Å². The fourth-order valence-electron chi connectivity index (χ4n) is 3.26. The van der Waals surface area contributed by atoms with Crippen LogP contribution in [0.25, 0.3) is 10.9 Å². The minimum atomic E-state index is -0.207. The number of benzene rings is 1. The summed E-state index contributed by atoms with van der Waals surface area (Å²) in [6.45, 7) is 2.08. The summed E-state index contributed by atoms with van der Waals surface area (Å²) >= 11 is 0. The number of amides is 1. The normalized spacial score (nSPS) is 22.7. The fourth-order valence-corrected chi connectivity index (χ4v) is 3.26. The van der Waals surface area contributed by atoms with Crippen LogP contribution in [-0.4, -0.2) is 41.6 Å². The van der Waals surface area contributed by atoms with Gasteiger partial charge in [0.25, 0.3) is 5.91 Å². The first kappa shape index (κ1) is 12.8. The van der Waals surface area contributed by atoms with Crippen LogP contribution in [0.2, 0.25) is 0 Å². The Hall–Kier alpha value is -1.88. The summed E-state index contributed by atoms with van der Waals surface area (Å²) in [7, 11) is 0. The predicted molar refractivity (Wildman–Crippen MR) is 76.6 cm³/mol. The Bertz CT molecular complexity index is 685. The number of epoxide rings is 1. The second-order valence-corrected chi connectivity index (χ2v) is 5.86. The van der Waals surface area contributed by atoms with Gasteiger partial charge in [-0.25, -0.2) is 4.39 Å². The molecule has 2 aliphatic heterocycles. The number of halogens is 1. The summed E-state index contributed by atoms with van der Waals surface area (Å²) in [4.78, 5) is 17.1. The number of piperidine rings is 1. The molecule has 1 aromatic heterocycles. The molecule has 0 spiro atoms. The number of hydrogen-bond acceptors (Lipinski definition) is 2. The lowest BCUT2D eigenvalue weighted by molar-refractivity contribution is -0.133. The van der Waals surface area contributed by atoms with Crippen LogP contribution in [-0.2, 0) is 9.53 Å². The van der Waals surface area contributed by atoms with Gasteiger partial charge in [0, 0.05) is 30.2 Å². The third kappa shape index (κ3) is 2.31. The Morgan fingerprint density at radius 2 is 2.10 bits per heavy atom. The zero-order valence-corrected chi connectivity index (χ0v) is 11.6. The highest BCUT2D eigenvalue weighted by molar-refractivity contribution is 5.84. The minimum Gasteiger partial charge on any atom is -0.363 e. The smallest absolute Gasteiger partial charge is 0.254 e. The van der Waals surface area contributed by atoms with E-state index < -0.39 is 0 Å². The first-order chi connectivity index (χ1) is 10.2. The number of carbonyl (C=O) groups is 1. The summed E-state index contributed by atoms with van der Waals surface area (Å²) in [5.41, 5.74) is 2.13. The van der Waals surface area contributed by atoms with Gasteiger partial charge < -0.3 is 14.6 Å². The highest BCUT2D eigenvalue weighted by atomic mass is 19.1. The number of nitrogens with zero attached hydrogens (tertiary/aromatic N) is 1. The molecule has 1 aromatic carbocycles. The van der Waals surface area contributed by atoms with Gasteiger partial charge in [-0.1, -0.05) is 0 Å². The van der Waals surface area contributed by atoms with E-state index in [1.807, 2.05) is 11.1 Å². The molecular formula is C16H17FN2O2. The standard InChI is InChI=1S/C16H17FN2O2/c17-11-1-2-14-12(7-11)13(8-18-14)10-3-5-19(6-4-10)16(20)15-9-21-15/h1-2,7-8,10,15,18H,3-6,9H2. The van der Waals surface area contributed by atoms with E-state index in [4.69, 9.17) is 4.74 Å². The van der Waals surface area contributed by atoms with Crippen LogP contribution in [0.5, 0.6) is 0 Å². The zero-order valence-electron chi connectivity index (χ0n) is 11.6. The van der Waals surface area contributed by atoms with Crippen molar-refractivity contribution in [3.63, 3.8) is 0 Å². The molecule has 2 saturated heterocycles. The molecule has 0 bridgehead atoms.